The molecule has 0 saturated carbocycles. The summed E-state index contributed by atoms with van der Waals surface area (Å²) in [5, 5.41) is 15.2. The molecule has 1 unspecified atom stereocenters. The van der Waals surface area contributed by atoms with Gasteiger partial charge in [-0.3, -0.25) is 14.9 Å². The minimum Gasteiger partial charge on any atom is -0.497 e. The number of carbonyl (C=O) groups excluding carboxylic acids is 1. The standard InChI is InChI=1S/C23H21N3O4S/c1-14-21(26(28)29)11-22(31-14)23(27)25-12-18(15-7-9-16(30-2)10-8-15)19-13-24-20-6-4-3-5-17(19)20/h3-11,13,18,24H,12H2,1-2H3,(H,25,27). The zero-order valence-corrected chi connectivity index (χ0v) is 17.9. The quantitative estimate of drug-likeness (QED) is 0.315. The van der Waals surface area contributed by atoms with Crippen LogP contribution in [0.5, 0.6) is 5.75 Å². The molecular formula is C23H21N3O4S. The summed E-state index contributed by atoms with van der Waals surface area (Å²) in [6.45, 7) is 1.99. The molecule has 0 aliphatic heterocycles. The first-order chi connectivity index (χ1) is 15.0. The van der Waals surface area contributed by atoms with Crippen molar-refractivity contribution < 1.29 is 14.5 Å². The Kier molecular flexibility index (Phi) is 5.73. The number of amides is 1. The monoisotopic (exact) mass is 435 g/mol. The summed E-state index contributed by atoms with van der Waals surface area (Å²) in [5.74, 6) is 0.327. The van der Waals surface area contributed by atoms with Crippen LogP contribution in [-0.4, -0.2) is 29.5 Å². The number of carbonyl (C=O) groups is 1. The molecule has 4 rings (SSSR count). The molecule has 8 heteroatoms. The zero-order chi connectivity index (χ0) is 22.0. The minimum absolute atomic E-state index is 0.0292. The molecule has 7 nitrogen and oxygen atoms in total. The number of ether oxygens (including phenoxy) is 1. The van der Waals surface area contributed by atoms with Gasteiger partial charge in [0.25, 0.3) is 11.6 Å². The highest BCUT2D eigenvalue weighted by Crippen LogP contribution is 2.32. The number of rotatable bonds is 7. The molecule has 2 aromatic carbocycles. The van der Waals surface area contributed by atoms with Gasteiger partial charge in [-0.25, -0.2) is 0 Å². The SMILES string of the molecule is COc1ccc(C(CNC(=O)c2cc([N+](=O)[O-])c(C)s2)c2c[nH]c3ccccc23)cc1. The van der Waals surface area contributed by atoms with Crippen molar-refractivity contribution in [1.29, 1.82) is 0 Å². The molecule has 2 N–H and O–H groups in total. The van der Waals surface area contributed by atoms with Crippen molar-refractivity contribution in [3.8, 4) is 5.75 Å². The number of para-hydroxylation sites is 1. The number of aryl methyl sites for hydroxylation is 1. The predicted molar refractivity (Wildman–Crippen MR) is 121 cm³/mol. The Hall–Kier alpha value is -3.65. The van der Waals surface area contributed by atoms with Gasteiger partial charge >= 0.3 is 0 Å². The van der Waals surface area contributed by atoms with E-state index >= 15 is 0 Å². The second-order valence-corrected chi connectivity index (χ2v) is 8.39. The van der Waals surface area contributed by atoms with Gasteiger partial charge in [0, 0.05) is 35.6 Å². The minimum atomic E-state index is -0.464. The van der Waals surface area contributed by atoms with Crippen LogP contribution in [0.4, 0.5) is 5.69 Å². The van der Waals surface area contributed by atoms with E-state index in [-0.39, 0.29) is 17.5 Å². The number of methoxy groups -OCH3 is 1. The van der Waals surface area contributed by atoms with E-state index in [0.29, 0.717) is 16.3 Å². The number of benzene rings is 2. The molecule has 0 spiro atoms. The first kappa shape index (κ1) is 20.6. The van der Waals surface area contributed by atoms with Crippen LogP contribution in [0, 0.1) is 17.0 Å². The Morgan fingerprint density at radius 3 is 2.65 bits per heavy atom. The number of nitro groups is 1. The number of H-pyrrole nitrogens is 1. The summed E-state index contributed by atoms with van der Waals surface area (Å²) in [5.41, 5.74) is 3.08. The number of nitrogens with zero attached hydrogens (tertiary/aromatic N) is 1. The number of thiophene rings is 1. The fraction of sp³-hybridized carbons (Fsp3) is 0.174. The van der Waals surface area contributed by atoms with Gasteiger partial charge in [-0.15, -0.1) is 11.3 Å². The Balaban J connectivity index is 1.64. The van der Waals surface area contributed by atoms with E-state index in [2.05, 4.69) is 10.3 Å². The highest BCUT2D eigenvalue weighted by molar-refractivity contribution is 7.14. The first-order valence-corrected chi connectivity index (χ1v) is 10.5. The Morgan fingerprint density at radius 1 is 1.23 bits per heavy atom. The van der Waals surface area contributed by atoms with Crippen LogP contribution in [0.3, 0.4) is 0 Å². The molecule has 31 heavy (non-hydrogen) atoms. The molecule has 2 aromatic heterocycles. The molecule has 0 bridgehead atoms. The molecule has 4 aromatic rings. The molecule has 0 saturated heterocycles. The second-order valence-electron chi connectivity index (χ2n) is 7.13. The molecule has 0 fully saturated rings. The van der Waals surface area contributed by atoms with Gasteiger partial charge in [0.2, 0.25) is 0 Å². The van der Waals surface area contributed by atoms with E-state index in [4.69, 9.17) is 4.74 Å². The molecule has 0 radical (unpaired) electrons. The third-order valence-electron chi connectivity index (χ3n) is 5.29. The summed E-state index contributed by atoms with van der Waals surface area (Å²) in [7, 11) is 1.62. The molecule has 2 heterocycles. The Bertz CT molecular complexity index is 1240. The average molecular weight is 436 g/mol. The van der Waals surface area contributed by atoms with Crippen LogP contribution < -0.4 is 10.1 Å². The lowest BCUT2D eigenvalue weighted by Crippen LogP contribution is -2.28. The fourth-order valence-electron chi connectivity index (χ4n) is 3.67. The molecule has 1 amide bonds. The zero-order valence-electron chi connectivity index (χ0n) is 17.0. The topological polar surface area (TPSA) is 97.3 Å². The van der Waals surface area contributed by atoms with E-state index in [1.807, 2.05) is 54.7 Å². The molecular weight excluding hydrogens is 414 g/mol. The van der Waals surface area contributed by atoms with Crippen LogP contribution in [0.2, 0.25) is 0 Å². The largest absolute Gasteiger partial charge is 0.497 e. The fourth-order valence-corrected chi connectivity index (χ4v) is 4.58. The van der Waals surface area contributed by atoms with Crippen molar-refractivity contribution in [3.63, 3.8) is 0 Å². The van der Waals surface area contributed by atoms with Crippen LogP contribution >= 0.6 is 11.3 Å². The van der Waals surface area contributed by atoms with Gasteiger partial charge in [-0.1, -0.05) is 30.3 Å². The highest BCUT2D eigenvalue weighted by atomic mass is 32.1. The number of fused-ring (bicyclic) bond motifs is 1. The molecule has 1 atom stereocenters. The third kappa shape index (κ3) is 4.15. The van der Waals surface area contributed by atoms with Crippen molar-refractivity contribution in [2.45, 2.75) is 12.8 Å². The Morgan fingerprint density at radius 2 is 1.97 bits per heavy atom. The number of hydrogen-bond acceptors (Lipinski definition) is 5. The lowest BCUT2D eigenvalue weighted by atomic mass is 9.90. The van der Waals surface area contributed by atoms with E-state index in [0.717, 1.165) is 39.1 Å². The molecule has 0 aliphatic carbocycles. The van der Waals surface area contributed by atoms with Crippen molar-refractivity contribution in [3.05, 3.63) is 91.8 Å². The molecule has 0 aliphatic rings. The normalized spacial score (nSPS) is 11.9. The van der Waals surface area contributed by atoms with E-state index in [9.17, 15) is 14.9 Å². The summed E-state index contributed by atoms with van der Waals surface area (Å²) in [6, 6.07) is 17.1. The smallest absolute Gasteiger partial charge is 0.283 e. The summed E-state index contributed by atoms with van der Waals surface area (Å²) in [6.07, 6.45) is 1.96. The molecule has 158 valence electrons. The number of hydrogen-bond donors (Lipinski definition) is 2. The lowest BCUT2D eigenvalue weighted by Gasteiger charge is -2.18. The summed E-state index contributed by atoms with van der Waals surface area (Å²) < 4.78 is 5.27. The van der Waals surface area contributed by atoms with Gasteiger partial charge in [-0.05, 0) is 36.2 Å². The van der Waals surface area contributed by atoms with Crippen LogP contribution in [0.25, 0.3) is 10.9 Å². The predicted octanol–water partition coefficient (Wildman–Crippen LogP) is 5.02. The maximum Gasteiger partial charge on any atom is 0.283 e. The van der Waals surface area contributed by atoms with Gasteiger partial charge in [0.05, 0.1) is 21.8 Å². The second kappa shape index (κ2) is 8.61. The van der Waals surface area contributed by atoms with E-state index in [1.165, 1.54) is 6.07 Å². The van der Waals surface area contributed by atoms with Crippen LogP contribution in [0.15, 0.2) is 60.8 Å². The van der Waals surface area contributed by atoms with Gasteiger partial charge in [-0.2, -0.15) is 0 Å². The first-order valence-electron chi connectivity index (χ1n) is 9.71. The number of aromatic amines is 1. The van der Waals surface area contributed by atoms with E-state index in [1.54, 1.807) is 14.0 Å². The summed E-state index contributed by atoms with van der Waals surface area (Å²) >= 11 is 1.13. The lowest BCUT2D eigenvalue weighted by molar-refractivity contribution is -0.385. The van der Waals surface area contributed by atoms with Crippen molar-refractivity contribution in [2.24, 2.45) is 0 Å². The van der Waals surface area contributed by atoms with Crippen molar-refractivity contribution in [1.82, 2.24) is 10.3 Å². The number of aromatic nitrogens is 1. The van der Waals surface area contributed by atoms with Crippen LogP contribution in [0.1, 0.15) is 31.6 Å². The average Bonchev–Trinajstić information content (AvgIpc) is 3.38. The number of nitrogens with one attached hydrogen (secondary N) is 2. The maximum absolute atomic E-state index is 12.8. The van der Waals surface area contributed by atoms with Crippen molar-refractivity contribution >= 4 is 33.8 Å². The van der Waals surface area contributed by atoms with Crippen molar-refractivity contribution in [2.75, 3.05) is 13.7 Å². The van der Waals surface area contributed by atoms with Crippen LogP contribution in [-0.2, 0) is 0 Å². The van der Waals surface area contributed by atoms with Gasteiger partial charge < -0.3 is 15.0 Å². The third-order valence-corrected chi connectivity index (χ3v) is 6.33. The van der Waals surface area contributed by atoms with Gasteiger partial charge in [0.15, 0.2) is 0 Å². The maximum atomic E-state index is 12.8. The van der Waals surface area contributed by atoms with E-state index < -0.39 is 4.92 Å². The summed E-state index contributed by atoms with van der Waals surface area (Å²) in [4.78, 5) is 27.5. The highest BCUT2D eigenvalue weighted by Gasteiger charge is 2.22. The van der Waals surface area contributed by atoms with Gasteiger partial charge in [0.1, 0.15) is 5.75 Å². The Labute approximate surface area is 182 Å².